The molecule has 1 amide bonds. The van der Waals surface area contributed by atoms with Crippen molar-refractivity contribution in [1.82, 2.24) is 5.27 Å². The van der Waals surface area contributed by atoms with Crippen molar-refractivity contribution in [3.05, 3.63) is 29.0 Å². The van der Waals surface area contributed by atoms with E-state index in [1.54, 1.807) is 11.0 Å². The molecule has 1 fully saturated rings. The minimum atomic E-state index is -0.122. The van der Waals surface area contributed by atoms with E-state index in [0.717, 1.165) is 36.5 Å². The lowest BCUT2D eigenvalue weighted by Crippen LogP contribution is -2.62. The summed E-state index contributed by atoms with van der Waals surface area (Å²) in [6, 6.07) is 0. The number of allylic oxidation sites excluding steroid dienone is 4. The van der Waals surface area contributed by atoms with E-state index in [2.05, 4.69) is 10.6 Å². The van der Waals surface area contributed by atoms with Gasteiger partial charge in [0.15, 0.2) is 0 Å². The second kappa shape index (κ2) is 7.51. The molecule has 23 heavy (non-hydrogen) atoms. The lowest BCUT2D eigenvalue weighted by Gasteiger charge is -2.18. The number of nitrogens with zero attached hydrogens (tertiary/aromatic N) is 3. The minimum absolute atomic E-state index is 0.122. The number of thioether (sulfide) groups is 1. The molecule has 124 valence electrons. The van der Waals surface area contributed by atoms with Gasteiger partial charge in [-0.15, -0.1) is 16.8 Å². The second-order valence-corrected chi connectivity index (χ2v) is 6.37. The van der Waals surface area contributed by atoms with E-state index < -0.39 is 0 Å². The van der Waals surface area contributed by atoms with Crippen molar-refractivity contribution in [3.63, 3.8) is 0 Å². The molecule has 2 aliphatic rings. The Morgan fingerprint density at radius 2 is 2.22 bits per heavy atom. The Labute approximate surface area is 138 Å². The summed E-state index contributed by atoms with van der Waals surface area (Å²) < 4.78 is 10.4. The molecule has 1 aromatic rings. The Morgan fingerprint density at radius 1 is 1.39 bits per heavy atom. The van der Waals surface area contributed by atoms with Crippen LogP contribution in [0.3, 0.4) is 0 Å². The fourth-order valence-electron chi connectivity index (χ4n) is 2.27. The molecule has 8 nitrogen and oxygen atoms in total. The highest BCUT2D eigenvalue weighted by atomic mass is 32.2. The molecule has 1 saturated heterocycles. The Hall–Kier alpha value is -2.00. The lowest BCUT2D eigenvalue weighted by molar-refractivity contribution is -0.759. The number of nitrogens with one attached hydrogen (secondary N) is 1. The molecular formula is C14H20N5O3S+. The monoisotopic (exact) mass is 338 g/mol. The van der Waals surface area contributed by atoms with Crippen molar-refractivity contribution in [2.24, 2.45) is 5.73 Å². The van der Waals surface area contributed by atoms with E-state index in [1.165, 1.54) is 11.8 Å². The SMILES string of the molecule is NC1=CC=C(SCC(=O)Nc2c[n+](N3CCOCC3)no2)CC1. The Balaban J connectivity index is 1.47. The highest BCUT2D eigenvalue weighted by Gasteiger charge is 2.23. The Morgan fingerprint density at radius 3 is 2.96 bits per heavy atom. The van der Waals surface area contributed by atoms with Crippen LogP contribution >= 0.6 is 11.8 Å². The Bertz CT molecular complexity index is 622. The molecule has 3 rings (SSSR count). The third-order valence-corrected chi connectivity index (χ3v) is 4.64. The van der Waals surface area contributed by atoms with Gasteiger partial charge in [-0.3, -0.25) is 14.6 Å². The number of hydrogen-bond acceptors (Lipinski definition) is 7. The van der Waals surface area contributed by atoms with E-state index in [9.17, 15) is 4.79 Å². The zero-order valence-electron chi connectivity index (χ0n) is 12.7. The number of carbonyl (C=O) groups is 1. The van der Waals surface area contributed by atoms with Crippen molar-refractivity contribution >= 4 is 23.6 Å². The van der Waals surface area contributed by atoms with Gasteiger partial charge in [-0.1, -0.05) is 6.08 Å². The van der Waals surface area contributed by atoms with Crippen LogP contribution in [-0.4, -0.2) is 43.2 Å². The predicted octanol–water partition coefficient (Wildman–Crippen LogP) is 0.122. The van der Waals surface area contributed by atoms with Crippen LogP contribution in [0.2, 0.25) is 0 Å². The molecule has 1 aliphatic heterocycles. The minimum Gasteiger partial charge on any atom is -0.402 e. The number of anilines is 1. The van der Waals surface area contributed by atoms with Crippen molar-refractivity contribution in [2.75, 3.05) is 42.4 Å². The van der Waals surface area contributed by atoms with Crippen molar-refractivity contribution < 1.29 is 18.8 Å². The summed E-state index contributed by atoms with van der Waals surface area (Å²) in [6.07, 6.45) is 7.27. The van der Waals surface area contributed by atoms with Gasteiger partial charge in [0.05, 0.1) is 36.8 Å². The van der Waals surface area contributed by atoms with Crippen LogP contribution in [-0.2, 0) is 9.53 Å². The number of nitrogens with two attached hydrogens (primary N) is 1. The summed E-state index contributed by atoms with van der Waals surface area (Å²) >= 11 is 1.51. The maximum atomic E-state index is 12.0. The molecule has 0 unspecified atom stereocenters. The maximum absolute atomic E-state index is 12.0. The molecule has 0 saturated carbocycles. The maximum Gasteiger partial charge on any atom is 0.305 e. The Kier molecular flexibility index (Phi) is 5.19. The van der Waals surface area contributed by atoms with Gasteiger partial charge in [0.1, 0.15) is 0 Å². The van der Waals surface area contributed by atoms with Crippen LogP contribution < -0.4 is 20.9 Å². The molecular weight excluding hydrogens is 318 g/mol. The van der Waals surface area contributed by atoms with Crippen LogP contribution in [0.1, 0.15) is 12.8 Å². The van der Waals surface area contributed by atoms with Crippen LogP contribution in [0.5, 0.6) is 0 Å². The van der Waals surface area contributed by atoms with E-state index in [0.29, 0.717) is 24.9 Å². The standard InChI is InChI=1S/C14H19N5O3S/c15-11-1-3-12(4-2-11)23-10-13(20)16-14-9-19(17-22-14)18-5-7-21-8-6-18/h1,3,9H,2,4-8,10,15H2/p+1. The number of ether oxygens (including phenoxy) is 1. The number of aromatic nitrogens is 2. The first-order valence-electron chi connectivity index (χ1n) is 7.50. The molecule has 3 N–H and O–H groups in total. The first-order valence-corrected chi connectivity index (χ1v) is 8.49. The normalized spacial score (nSPS) is 18.3. The molecule has 0 atom stereocenters. The van der Waals surface area contributed by atoms with Gasteiger partial charge in [0.25, 0.3) is 6.20 Å². The zero-order valence-corrected chi connectivity index (χ0v) is 13.6. The number of morpholine rings is 1. The van der Waals surface area contributed by atoms with Crippen molar-refractivity contribution in [3.8, 4) is 0 Å². The fraction of sp³-hybridized carbons (Fsp3) is 0.500. The predicted molar refractivity (Wildman–Crippen MR) is 86.1 cm³/mol. The fourth-order valence-corrected chi connectivity index (χ4v) is 3.07. The van der Waals surface area contributed by atoms with Gasteiger partial charge in [0.2, 0.25) is 11.2 Å². The first-order chi connectivity index (χ1) is 11.2. The summed E-state index contributed by atoms with van der Waals surface area (Å²) in [5.74, 6) is 0.547. The summed E-state index contributed by atoms with van der Waals surface area (Å²) in [6.45, 7) is 2.80. The highest BCUT2D eigenvalue weighted by molar-refractivity contribution is 8.03. The van der Waals surface area contributed by atoms with Crippen molar-refractivity contribution in [1.29, 1.82) is 0 Å². The smallest absolute Gasteiger partial charge is 0.305 e. The van der Waals surface area contributed by atoms with Gasteiger partial charge in [-0.05, 0) is 23.8 Å². The topological polar surface area (TPSA) is 97.5 Å². The largest absolute Gasteiger partial charge is 0.402 e. The van der Waals surface area contributed by atoms with Crippen LogP contribution in [0.15, 0.2) is 33.5 Å². The summed E-state index contributed by atoms with van der Waals surface area (Å²) in [5.41, 5.74) is 6.60. The molecule has 0 bridgehead atoms. The third kappa shape index (κ3) is 4.49. The lowest BCUT2D eigenvalue weighted by atomic mass is 10.1. The van der Waals surface area contributed by atoms with Gasteiger partial charge in [0, 0.05) is 5.70 Å². The second-order valence-electron chi connectivity index (χ2n) is 5.26. The molecule has 0 aromatic carbocycles. The molecule has 1 aromatic heterocycles. The number of amides is 1. The number of rotatable bonds is 5. The van der Waals surface area contributed by atoms with Gasteiger partial charge in [-0.2, -0.15) is 0 Å². The van der Waals surface area contributed by atoms with Crippen LogP contribution in [0.4, 0.5) is 5.88 Å². The number of hydrogen-bond donors (Lipinski definition) is 2. The molecule has 1 aliphatic carbocycles. The van der Waals surface area contributed by atoms with Gasteiger partial charge in [-0.25, -0.2) is 0 Å². The molecule has 0 spiro atoms. The molecule has 9 heteroatoms. The van der Waals surface area contributed by atoms with E-state index in [1.807, 2.05) is 17.2 Å². The highest BCUT2D eigenvalue weighted by Crippen LogP contribution is 2.25. The number of carbonyl (C=O) groups excluding carboxylic acids is 1. The zero-order chi connectivity index (χ0) is 16.1. The summed E-state index contributed by atoms with van der Waals surface area (Å²) in [5, 5.41) is 8.61. The average Bonchev–Trinajstić information content (AvgIpc) is 3.04. The quantitative estimate of drug-likeness (QED) is 0.736. The van der Waals surface area contributed by atoms with Crippen molar-refractivity contribution in [2.45, 2.75) is 12.8 Å². The van der Waals surface area contributed by atoms with E-state index in [4.69, 9.17) is 15.0 Å². The first kappa shape index (κ1) is 15.9. The molecule has 0 radical (unpaired) electrons. The van der Waals surface area contributed by atoms with Gasteiger partial charge < -0.3 is 10.5 Å². The van der Waals surface area contributed by atoms with Crippen LogP contribution in [0, 0.1) is 0 Å². The molecule has 2 heterocycles. The summed E-state index contributed by atoms with van der Waals surface area (Å²) in [4.78, 5) is 14.7. The van der Waals surface area contributed by atoms with E-state index in [-0.39, 0.29) is 5.91 Å². The van der Waals surface area contributed by atoms with Gasteiger partial charge >= 0.3 is 5.88 Å². The third-order valence-electron chi connectivity index (χ3n) is 3.53. The van der Waals surface area contributed by atoms with E-state index >= 15 is 0 Å². The average molecular weight is 338 g/mol. The van der Waals surface area contributed by atoms with Crippen LogP contribution in [0.25, 0.3) is 0 Å². The summed E-state index contributed by atoms with van der Waals surface area (Å²) in [7, 11) is 0.